The highest BCUT2D eigenvalue weighted by molar-refractivity contribution is 6.00. The zero-order valence-corrected chi connectivity index (χ0v) is 15.4. The molecular formula is C21H16F3N3O3. The molecule has 1 aromatic heterocycles. The molecule has 0 spiro atoms. The molecule has 0 fully saturated rings. The Morgan fingerprint density at radius 2 is 1.73 bits per heavy atom. The van der Waals surface area contributed by atoms with E-state index in [1.165, 1.54) is 18.3 Å². The number of anilines is 2. The van der Waals surface area contributed by atoms with Crippen LogP contribution in [0.5, 0.6) is 17.4 Å². The molecule has 2 amide bonds. The first-order valence-electron chi connectivity index (χ1n) is 8.62. The lowest BCUT2D eigenvalue weighted by molar-refractivity contribution is -0.274. The van der Waals surface area contributed by atoms with Gasteiger partial charge in [-0.2, -0.15) is 0 Å². The van der Waals surface area contributed by atoms with Gasteiger partial charge in [0.15, 0.2) is 0 Å². The molecule has 0 saturated heterocycles. The number of urea groups is 1. The van der Waals surface area contributed by atoms with Gasteiger partial charge in [-0.05, 0) is 42.5 Å². The predicted molar refractivity (Wildman–Crippen MR) is 107 cm³/mol. The highest BCUT2D eigenvalue weighted by atomic mass is 19.4. The zero-order valence-electron chi connectivity index (χ0n) is 15.4. The number of carbonyl (C=O) groups excluding carboxylic acids is 1. The Bertz CT molecular complexity index is 1040. The molecule has 2 aromatic carbocycles. The third kappa shape index (κ3) is 5.74. The summed E-state index contributed by atoms with van der Waals surface area (Å²) < 4.78 is 46.2. The minimum absolute atomic E-state index is 0.163. The molecule has 3 aromatic rings. The molecule has 0 aliphatic rings. The monoisotopic (exact) mass is 415 g/mol. The second-order valence-corrected chi connectivity index (χ2v) is 5.85. The maximum Gasteiger partial charge on any atom is 0.573 e. The van der Waals surface area contributed by atoms with E-state index in [-0.39, 0.29) is 11.6 Å². The number of alkyl halides is 3. The number of ether oxygens (including phenoxy) is 2. The number of nitrogens with zero attached hydrogens (tertiary/aromatic N) is 1. The summed E-state index contributed by atoms with van der Waals surface area (Å²) in [5.74, 6) is 0.281. The van der Waals surface area contributed by atoms with Crippen molar-refractivity contribution in [1.82, 2.24) is 4.98 Å². The van der Waals surface area contributed by atoms with Gasteiger partial charge in [-0.3, -0.25) is 0 Å². The van der Waals surface area contributed by atoms with Gasteiger partial charge >= 0.3 is 12.4 Å². The summed E-state index contributed by atoms with van der Waals surface area (Å²) in [6.45, 7) is 3.73. The number of hydrogen-bond donors (Lipinski definition) is 2. The first-order chi connectivity index (χ1) is 14.3. The number of para-hydroxylation sites is 1. The van der Waals surface area contributed by atoms with Crippen LogP contribution < -0.4 is 20.1 Å². The molecule has 0 radical (unpaired) electrons. The van der Waals surface area contributed by atoms with Gasteiger partial charge in [0.1, 0.15) is 17.2 Å². The van der Waals surface area contributed by atoms with E-state index >= 15 is 0 Å². The Hall–Kier alpha value is -4.01. The molecular weight excluding hydrogens is 399 g/mol. The summed E-state index contributed by atoms with van der Waals surface area (Å²) in [7, 11) is 0. The average Bonchev–Trinajstić information content (AvgIpc) is 2.70. The van der Waals surface area contributed by atoms with Crippen LogP contribution in [0.4, 0.5) is 29.3 Å². The third-order valence-electron chi connectivity index (χ3n) is 3.71. The summed E-state index contributed by atoms with van der Waals surface area (Å²) in [5.41, 5.74) is 1.32. The highest BCUT2D eigenvalue weighted by Crippen LogP contribution is 2.30. The van der Waals surface area contributed by atoms with Crippen LogP contribution in [0.3, 0.4) is 0 Å². The van der Waals surface area contributed by atoms with Crippen LogP contribution in [-0.4, -0.2) is 17.4 Å². The van der Waals surface area contributed by atoms with Gasteiger partial charge in [0, 0.05) is 17.4 Å². The van der Waals surface area contributed by atoms with Crippen molar-refractivity contribution in [2.75, 3.05) is 10.6 Å². The van der Waals surface area contributed by atoms with E-state index in [0.29, 0.717) is 11.4 Å². The summed E-state index contributed by atoms with van der Waals surface area (Å²) in [4.78, 5) is 16.4. The number of rotatable bonds is 6. The maximum atomic E-state index is 12.3. The standard InChI is InChI=1S/C21H16F3N3O3/c1-2-14-6-3-4-8-18(14)29-19-17(7-5-13-25-19)27-20(28)26-15-9-11-16(12-10-15)30-21(22,23)24/h2-13H,1H2,(H2,26,27,28). The largest absolute Gasteiger partial charge is 0.573 e. The van der Waals surface area contributed by atoms with Gasteiger partial charge in [-0.15, -0.1) is 13.2 Å². The van der Waals surface area contributed by atoms with E-state index in [9.17, 15) is 18.0 Å². The molecule has 3 rings (SSSR count). The lowest BCUT2D eigenvalue weighted by Crippen LogP contribution is -2.20. The fourth-order valence-electron chi connectivity index (χ4n) is 2.44. The fraction of sp³-hybridized carbons (Fsp3) is 0.0476. The van der Waals surface area contributed by atoms with E-state index in [0.717, 1.165) is 17.7 Å². The van der Waals surface area contributed by atoms with Gasteiger partial charge in [-0.25, -0.2) is 9.78 Å². The zero-order chi connectivity index (χ0) is 21.6. The van der Waals surface area contributed by atoms with Crippen LogP contribution in [-0.2, 0) is 0 Å². The normalized spacial score (nSPS) is 10.8. The SMILES string of the molecule is C=Cc1ccccc1Oc1ncccc1NC(=O)Nc1ccc(OC(F)(F)F)cc1. The van der Waals surface area contributed by atoms with Crippen molar-refractivity contribution in [2.24, 2.45) is 0 Å². The molecule has 0 aliphatic heterocycles. The second kappa shape index (κ2) is 8.99. The van der Waals surface area contributed by atoms with Crippen molar-refractivity contribution in [1.29, 1.82) is 0 Å². The average molecular weight is 415 g/mol. The van der Waals surface area contributed by atoms with Gasteiger partial charge in [0.2, 0.25) is 5.88 Å². The van der Waals surface area contributed by atoms with Crippen molar-refractivity contribution in [3.8, 4) is 17.4 Å². The van der Waals surface area contributed by atoms with Crippen LogP contribution in [0.1, 0.15) is 5.56 Å². The van der Waals surface area contributed by atoms with E-state index < -0.39 is 18.1 Å². The van der Waals surface area contributed by atoms with Gasteiger partial charge in [0.05, 0.1) is 0 Å². The smallest absolute Gasteiger partial charge is 0.436 e. The van der Waals surface area contributed by atoms with Crippen LogP contribution in [0.15, 0.2) is 73.4 Å². The quantitative estimate of drug-likeness (QED) is 0.513. The first kappa shape index (κ1) is 20.7. The minimum Gasteiger partial charge on any atom is -0.436 e. The molecule has 1 heterocycles. The van der Waals surface area contributed by atoms with Gasteiger partial charge < -0.3 is 20.1 Å². The highest BCUT2D eigenvalue weighted by Gasteiger charge is 2.30. The fourth-order valence-corrected chi connectivity index (χ4v) is 2.44. The number of pyridine rings is 1. The number of nitrogens with one attached hydrogen (secondary N) is 2. The molecule has 0 aliphatic carbocycles. The number of carbonyl (C=O) groups is 1. The van der Waals surface area contributed by atoms with Crippen LogP contribution >= 0.6 is 0 Å². The molecule has 0 unspecified atom stereocenters. The lowest BCUT2D eigenvalue weighted by Gasteiger charge is -2.13. The van der Waals surface area contributed by atoms with Crippen molar-refractivity contribution < 1.29 is 27.4 Å². The Balaban J connectivity index is 1.68. The third-order valence-corrected chi connectivity index (χ3v) is 3.71. The number of benzene rings is 2. The summed E-state index contributed by atoms with van der Waals surface area (Å²) in [5, 5.41) is 5.10. The Morgan fingerprint density at radius 1 is 1.00 bits per heavy atom. The van der Waals surface area contributed by atoms with Crippen molar-refractivity contribution in [3.05, 3.63) is 79.0 Å². The van der Waals surface area contributed by atoms with Crippen molar-refractivity contribution in [3.63, 3.8) is 0 Å². The van der Waals surface area contributed by atoms with Crippen molar-refractivity contribution in [2.45, 2.75) is 6.36 Å². The molecule has 30 heavy (non-hydrogen) atoms. The predicted octanol–water partition coefficient (Wildman–Crippen LogP) is 6.06. The van der Waals surface area contributed by atoms with Crippen LogP contribution in [0, 0.1) is 0 Å². The number of halogens is 3. The number of amides is 2. The second-order valence-electron chi connectivity index (χ2n) is 5.85. The van der Waals surface area contributed by atoms with E-state index in [4.69, 9.17) is 4.74 Å². The first-order valence-corrected chi connectivity index (χ1v) is 8.62. The topological polar surface area (TPSA) is 72.5 Å². The summed E-state index contributed by atoms with van der Waals surface area (Å²) in [6.07, 6.45) is -1.65. The Kier molecular flexibility index (Phi) is 6.21. The molecule has 6 nitrogen and oxygen atoms in total. The van der Waals surface area contributed by atoms with Crippen LogP contribution in [0.25, 0.3) is 6.08 Å². The molecule has 2 N–H and O–H groups in total. The van der Waals surface area contributed by atoms with Gasteiger partial charge in [-0.1, -0.05) is 30.9 Å². The summed E-state index contributed by atoms with van der Waals surface area (Å²) in [6, 6.07) is 14.5. The number of hydrogen-bond acceptors (Lipinski definition) is 4. The molecule has 0 saturated carbocycles. The Morgan fingerprint density at radius 3 is 2.43 bits per heavy atom. The lowest BCUT2D eigenvalue weighted by atomic mass is 10.2. The molecule has 9 heteroatoms. The van der Waals surface area contributed by atoms with E-state index in [1.807, 2.05) is 12.1 Å². The van der Waals surface area contributed by atoms with E-state index in [1.54, 1.807) is 30.3 Å². The maximum absolute atomic E-state index is 12.3. The number of aromatic nitrogens is 1. The van der Waals surface area contributed by atoms with Gasteiger partial charge in [0.25, 0.3) is 0 Å². The molecule has 0 atom stereocenters. The Labute approximate surface area is 170 Å². The molecule has 0 bridgehead atoms. The van der Waals surface area contributed by atoms with Crippen molar-refractivity contribution >= 4 is 23.5 Å². The summed E-state index contributed by atoms with van der Waals surface area (Å²) >= 11 is 0. The molecule has 154 valence electrons. The van der Waals surface area contributed by atoms with Crippen LogP contribution in [0.2, 0.25) is 0 Å². The minimum atomic E-state index is -4.78. The van der Waals surface area contributed by atoms with E-state index in [2.05, 4.69) is 26.9 Å².